The standard InChI is InChI=1S/C33H36ClN3O2/c1-24(38)37-23-32(29-10-6-7-11-30(29)37)16-18-36(19-17-32)22-27-20-33(27,26-12-14-28(34)15-13-26)31(39)35(2)21-25-8-4-3-5-9-25/h3-15,27H,16-23H2,1-2H3/t27-,33+/m0/s1. The van der Waals surface area contributed by atoms with Gasteiger partial charge in [0, 0.05) is 49.7 Å². The van der Waals surface area contributed by atoms with E-state index in [0.717, 1.165) is 62.3 Å². The zero-order valence-corrected chi connectivity index (χ0v) is 23.5. The molecule has 3 aromatic rings. The summed E-state index contributed by atoms with van der Waals surface area (Å²) in [4.78, 5) is 32.8. The van der Waals surface area contributed by atoms with Crippen LogP contribution in [0.4, 0.5) is 5.69 Å². The lowest BCUT2D eigenvalue weighted by Gasteiger charge is -2.40. The summed E-state index contributed by atoms with van der Waals surface area (Å²) in [5.74, 6) is 0.572. The number of rotatable bonds is 6. The van der Waals surface area contributed by atoms with Gasteiger partial charge in [-0.3, -0.25) is 9.59 Å². The first kappa shape index (κ1) is 26.1. The fourth-order valence-corrected chi connectivity index (χ4v) is 7.25. The van der Waals surface area contributed by atoms with Gasteiger partial charge in [0.2, 0.25) is 11.8 Å². The maximum Gasteiger partial charge on any atom is 0.233 e. The molecule has 2 aliphatic heterocycles. The van der Waals surface area contributed by atoms with Gasteiger partial charge in [-0.05, 0) is 73.2 Å². The van der Waals surface area contributed by atoms with Crippen LogP contribution in [0.15, 0.2) is 78.9 Å². The fourth-order valence-electron chi connectivity index (χ4n) is 7.12. The molecule has 1 saturated carbocycles. The monoisotopic (exact) mass is 541 g/mol. The number of fused-ring (bicyclic) bond motifs is 2. The maximum atomic E-state index is 14.0. The number of carbonyl (C=O) groups is 2. The summed E-state index contributed by atoms with van der Waals surface area (Å²) in [7, 11) is 1.92. The Morgan fingerprint density at radius 1 is 0.949 bits per heavy atom. The number of anilines is 1. The summed E-state index contributed by atoms with van der Waals surface area (Å²) in [6, 6.07) is 26.5. The van der Waals surface area contributed by atoms with E-state index in [0.29, 0.717) is 11.6 Å². The zero-order chi connectivity index (χ0) is 27.2. The number of piperidine rings is 1. The van der Waals surface area contributed by atoms with Crippen LogP contribution in [-0.2, 0) is 27.0 Å². The van der Waals surface area contributed by atoms with Gasteiger partial charge in [0.1, 0.15) is 0 Å². The Balaban J connectivity index is 1.18. The van der Waals surface area contributed by atoms with Crippen LogP contribution in [0.2, 0.25) is 5.02 Å². The molecule has 0 bridgehead atoms. The van der Waals surface area contributed by atoms with Crippen molar-refractivity contribution in [2.45, 2.75) is 43.6 Å². The minimum atomic E-state index is -0.505. The van der Waals surface area contributed by atoms with Crippen LogP contribution in [-0.4, -0.2) is 54.8 Å². The highest BCUT2D eigenvalue weighted by molar-refractivity contribution is 6.30. The van der Waals surface area contributed by atoms with Gasteiger partial charge in [-0.2, -0.15) is 0 Å². The third kappa shape index (κ3) is 4.66. The largest absolute Gasteiger partial charge is 0.341 e. The van der Waals surface area contributed by atoms with Crippen molar-refractivity contribution in [1.29, 1.82) is 0 Å². The van der Waals surface area contributed by atoms with Crippen LogP contribution in [0, 0.1) is 5.92 Å². The third-order valence-corrected chi connectivity index (χ3v) is 9.61. The van der Waals surface area contributed by atoms with Crippen molar-refractivity contribution in [3.05, 3.63) is 101 Å². The lowest BCUT2D eigenvalue weighted by Crippen LogP contribution is -2.47. The summed E-state index contributed by atoms with van der Waals surface area (Å²) in [5.41, 5.74) is 4.12. The summed E-state index contributed by atoms with van der Waals surface area (Å²) in [6.45, 7) is 5.89. The van der Waals surface area contributed by atoms with Gasteiger partial charge in [0.15, 0.2) is 0 Å². The van der Waals surface area contributed by atoms with Crippen LogP contribution >= 0.6 is 11.6 Å². The number of nitrogens with zero attached hydrogens (tertiary/aromatic N) is 3. The van der Waals surface area contributed by atoms with E-state index in [2.05, 4.69) is 35.2 Å². The average Bonchev–Trinajstić information content (AvgIpc) is 3.58. The second-order valence-corrected chi connectivity index (χ2v) is 12.2. The molecule has 0 unspecified atom stereocenters. The van der Waals surface area contributed by atoms with E-state index in [-0.39, 0.29) is 23.1 Å². The van der Waals surface area contributed by atoms with E-state index in [4.69, 9.17) is 11.6 Å². The van der Waals surface area contributed by atoms with Gasteiger partial charge >= 0.3 is 0 Å². The van der Waals surface area contributed by atoms with Gasteiger partial charge in [0.05, 0.1) is 5.41 Å². The highest BCUT2D eigenvalue weighted by atomic mass is 35.5. The van der Waals surface area contributed by atoms with Crippen molar-refractivity contribution in [2.75, 3.05) is 38.1 Å². The number of likely N-dealkylation sites (tertiary alicyclic amines) is 1. The van der Waals surface area contributed by atoms with Gasteiger partial charge in [-0.15, -0.1) is 0 Å². The van der Waals surface area contributed by atoms with Gasteiger partial charge in [-0.1, -0.05) is 72.3 Å². The molecular formula is C33H36ClN3O2. The average molecular weight is 542 g/mol. The first-order valence-electron chi connectivity index (χ1n) is 14.0. The number of benzene rings is 3. The molecule has 1 saturated heterocycles. The summed E-state index contributed by atoms with van der Waals surface area (Å²) in [5, 5.41) is 0.689. The van der Waals surface area contributed by atoms with E-state index >= 15 is 0 Å². The molecule has 5 nitrogen and oxygen atoms in total. The van der Waals surface area contributed by atoms with Crippen molar-refractivity contribution in [3.63, 3.8) is 0 Å². The van der Waals surface area contributed by atoms with E-state index in [1.54, 1.807) is 6.92 Å². The second kappa shape index (κ2) is 10.1. The number of carbonyl (C=O) groups excluding carboxylic acids is 2. The molecule has 2 amide bonds. The molecule has 1 spiro atoms. The highest BCUT2D eigenvalue weighted by Gasteiger charge is 2.62. The molecule has 0 radical (unpaired) electrons. The third-order valence-electron chi connectivity index (χ3n) is 9.35. The number of hydrogen-bond acceptors (Lipinski definition) is 3. The zero-order valence-electron chi connectivity index (χ0n) is 22.8. The van der Waals surface area contributed by atoms with Crippen LogP contribution in [0.1, 0.15) is 42.9 Å². The first-order valence-corrected chi connectivity index (χ1v) is 14.4. The second-order valence-electron chi connectivity index (χ2n) is 11.7. The Hall–Kier alpha value is -3.15. The van der Waals surface area contributed by atoms with E-state index in [1.807, 2.05) is 65.4 Å². The SMILES string of the molecule is CC(=O)N1CC2(CCN(C[C@@H]3C[C@@]3(C(=O)N(C)Cc3ccccc3)c3ccc(Cl)cc3)CC2)c2ccccc21. The summed E-state index contributed by atoms with van der Waals surface area (Å²) in [6.07, 6.45) is 2.90. The predicted octanol–water partition coefficient (Wildman–Crippen LogP) is 5.66. The van der Waals surface area contributed by atoms with Crippen LogP contribution in [0.3, 0.4) is 0 Å². The Labute approximate surface area is 236 Å². The quantitative estimate of drug-likeness (QED) is 0.404. The van der Waals surface area contributed by atoms with Gasteiger partial charge < -0.3 is 14.7 Å². The van der Waals surface area contributed by atoms with Gasteiger partial charge in [-0.25, -0.2) is 0 Å². The molecule has 39 heavy (non-hydrogen) atoms. The van der Waals surface area contributed by atoms with E-state index in [9.17, 15) is 9.59 Å². The predicted molar refractivity (Wildman–Crippen MR) is 156 cm³/mol. The highest BCUT2D eigenvalue weighted by Crippen LogP contribution is 2.56. The van der Waals surface area contributed by atoms with Crippen molar-refractivity contribution in [1.82, 2.24) is 9.80 Å². The molecule has 0 aromatic heterocycles. The van der Waals surface area contributed by atoms with Crippen molar-refractivity contribution in [2.24, 2.45) is 5.92 Å². The molecular weight excluding hydrogens is 506 g/mol. The summed E-state index contributed by atoms with van der Waals surface area (Å²) < 4.78 is 0. The molecule has 2 heterocycles. The normalized spacial score (nSPS) is 23.5. The van der Waals surface area contributed by atoms with E-state index < -0.39 is 5.41 Å². The topological polar surface area (TPSA) is 43.9 Å². The smallest absolute Gasteiger partial charge is 0.233 e. The Bertz CT molecular complexity index is 1370. The Morgan fingerprint density at radius 2 is 1.62 bits per heavy atom. The van der Waals surface area contributed by atoms with Crippen molar-refractivity contribution in [3.8, 4) is 0 Å². The van der Waals surface area contributed by atoms with Crippen LogP contribution in [0.25, 0.3) is 0 Å². The number of halogens is 1. The van der Waals surface area contributed by atoms with Crippen LogP contribution in [0.5, 0.6) is 0 Å². The molecule has 6 rings (SSSR count). The minimum absolute atomic E-state index is 0.0291. The molecule has 202 valence electrons. The Kier molecular flexibility index (Phi) is 6.76. The molecule has 3 aromatic carbocycles. The Morgan fingerprint density at radius 3 is 2.31 bits per heavy atom. The molecule has 6 heteroatoms. The fraction of sp³-hybridized carbons (Fsp3) is 0.394. The number of para-hydroxylation sites is 1. The van der Waals surface area contributed by atoms with Crippen molar-refractivity contribution < 1.29 is 9.59 Å². The molecule has 0 N–H and O–H groups in total. The minimum Gasteiger partial charge on any atom is -0.341 e. The first-order chi connectivity index (χ1) is 18.8. The molecule has 1 aliphatic carbocycles. The maximum absolute atomic E-state index is 14.0. The molecule has 2 fully saturated rings. The van der Waals surface area contributed by atoms with Gasteiger partial charge in [0.25, 0.3) is 0 Å². The number of hydrogen-bond donors (Lipinski definition) is 0. The number of amides is 2. The number of likely N-dealkylation sites (N-methyl/N-ethyl adjacent to an activating group) is 1. The molecule has 3 aliphatic rings. The summed E-state index contributed by atoms with van der Waals surface area (Å²) >= 11 is 6.22. The van der Waals surface area contributed by atoms with E-state index in [1.165, 1.54) is 5.56 Å². The van der Waals surface area contributed by atoms with Crippen molar-refractivity contribution >= 4 is 29.1 Å². The lowest BCUT2D eigenvalue weighted by atomic mass is 9.74. The molecule has 2 atom stereocenters. The van der Waals surface area contributed by atoms with Crippen LogP contribution < -0.4 is 4.90 Å². The lowest BCUT2D eigenvalue weighted by molar-refractivity contribution is -0.133.